The third kappa shape index (κ3) is 3.45. The summed E-state index contributed by atoms with van der Waals surface area (Å²) in [6, 6.07) is 6.48. The highest BCUT2D eigenvalue weighted by atomic mass is 32.1. The Balaban J connectivity index is 2.99. The third-order valence-electron chi connectivity index (χ3n) is 2.25. The second kappa shape index (κ2) is 6.98. The van der Waals surface area contributed by atoms with Crippen molar-refractivity contribution in [3.05, 3.63) is 29.8 Å². The van der Waals surface area contributed by atoms with Crippen LogP contribution in [0.2, 0.25) is 0 Å². The summed E-state index contributed by atoms with van der Waals surface area (Å²) in [6.45, 7) is 1.74. The van der Waals surface area contributed by atoms with Crippen molar-refractivity contribution in [3.63, 3.8) is 0 Å². The molecule has 18 heavy (non-hydrogen) atoms. The minimum absolute atomic E-state index is 0.127. The van der Waals surface area contributed by atoms with E-state index in [1.807, 2.05) is 0 Å². The number of benzene rings is 1. The van der Waals surface area contributed by atoms with Gasteiger partial charge in [0.1, 0.15) is 6.10 Å². The van der Waals surface area contributed by atoms with Crippen LogP contribution >= 0.6 is 12.2 Å². The van der Waals surface area contributed by atoms with Gasteiger partial charge in [0.25, 0.3) is 0 Å². The van der Waals surface area contributed by atoms with Crippen LogP contribution in [-0.4, -0.2) is 34.1 Å². The van der Waals surface area contributed by atoms with E-state index in [0.717, 1.165) is 0 Å². The van der Waals surface area contributed by atoms with Crippen molar-refractivity contribution < 1.29 is 19.7 Å². The number of nitrogens with zero attached hydrogens (tertiary/aromatic N) is 1. The molecule has 0 fully saturated rings. The molecule has 2 N–H and O–H groups in total. The molecule has 2 unspecified atom stereocenters. The number of ether oxygens (including phenoxy) is 1. The Morgan fingerprint density at radius 3 is 2.78 bits per heavy atom. The van der Waals surface area contributed by atoms with Gasteiger partial charge < -0.3 is 14.9 Å². The maximum Gasteiger partial charge on any atom is 0.338 e. The molecule has 1 aromatic rings. The van der Waals surface area contributed by atoms with Crippen molar-refractivity contribution in [2.45, 2.75) is 19.1 Å². The van der Waals surface area contributed by atoms with E-state index in [-0.39, 0.29) is 12.2 Å². The highest BCUT2D eigenvalue weighted by molar-refractivity contribution is 7.78. The lowest BCUT2D eigenvalue weighted by atomic mass is 10.0. The van der Waals surface area contributed by atoms with Crippen molar-refractivity contribution in [1.29, 1.82) is 0 Å². The predicted molar refractivity (Wildman–Crippen MR) is 68.7 cm³/mol. The molecule has 0 aliphatic heterocycles. The number of hydrogen-bond acceptors (Lipinski definition) is 6. The molecule has 0 radical (unpaired) electrons. The summed E-state index contributed by atoms with van der Waals surface area (Å²) in [5, 5.41) is 21.7. The van der Waals surface area contributed by atoms with Crippen molar-refractivity contribution >= 4 is 29.0 Å². The fraction of sp³-hybridized carbons (Fsp3) is 0.333. The molecule has 1 rings (SSSR count). The number of aliphatic imine (C=N–C) groups is 1. The Morgan fingerprint density at radius 2 is 2.17 bits per heavy atom. The maximum absolute atomic E-state index is 11.3. The molecule has 0 saturated heterocycles. The van der Waals surface area contributed by atoms with Crippen LogP contribution in [0.25, 0.3) is 0 Å². The van der Waals surface area contributed by atoms with Crippen LogP contribution in [-0.2, 0) is 9.53 Å². The van der Waals surface area contributed by atoms with Crippen LogP contribution < -0.4 is 0 Å². The smallest absolute Gasteiger partial charge is 0.338 e. The number of aliphatic hydroxyl groups excluding tert-OH is 2. The highest BCUT2D eigenvalue weighted by Gasteiger charge is 2.28. The summed E-state index contributed by atoms with van der Waals surface area (Å²) in [6.07, 6.45) is -3.08. The van der Waals surface area contributed by atoms with Crippen LogP contribution in [0.5, 0.6) is 0 Å². The van der Waals surface area contributed by atoms with Gasteiger partial charge in [-0.3, -0.25) is 0 Å². The lowest BCUT2D eigenvalue weighted by Crippen LogP contribution is -2.29. The molecular weight excluding hydrogens is 254 g/mol. The van der Waals surface area contributed by atoms with Crippen molar-refractivity contribution in [3.8, 4) is 0 Å². The summed E-state index contributed by atoms with van der Waals surface area (Å²) in [5.41, 5.74) is 0.638. The van der Waals surface area contributed by atoms with Crippen molar-refractivity contribution in [1.82, 2.24) is 0 Å². The lowest BCUT2D eigenvalue weighted by Gasteiger charge is -2.17. The summed E-state index contributed by atoms with van der Waals surface area (Å²) >= 11 is 4.49. The molecule has 2 atom stereocenters. The number of esters is 1. The number of isothiocyanates is 1. The van der Waals surface area contributed by atoms with Gasteiger partial charge in [-0.2, -0.15) is 4.99 Å². The maximum atomic E-state index is 11.3. The molecule has 0 spiro atoms. The van der Waals surface area contributed by atoms with Crippen LogP contribution in [0.15, 0.2) is 29.3 Å². The number of rotatable bonds is 5. The number of para-hydroxylation sites is 1. The molecule has 0 aromatic heterocycles. The van der Waals surface area contributed by atoms with Crippen LogP contribution in [0.3, 0.4) is 0 Å². The second-order valence-corrected chi connectivity index (χ2v) is 3.59. The first-order valence-corrected chi connectivity index (χ1v) is 5.72. The van der Waals surface area contributed by atoms with Gasteiger partial charge >= 0.3 is 5.97 Å². The third-order valence-corrected chi connectivity index (χ3v) is 2.34. The molecule has 6 heteroatoms. The van der Waals surface area contributed by atoms with Gasteiger partial charge in [-0.15, -0.1) is 0 Å². The van der Waals surface area contributed by atoms with Gasteiger partial charge in [0.2, 0.25) is 0 Å². The zero-order valence-electron chi connectivity index (χ0n) is 9.74. The van der Waals surface area contributed by atoms with Crippen LogP contribution in [0.1, 0.15) is 18.6 Å². The largest absolute Gasteiger partial charge is 0.464 e. The lowest BCUT2D eigenvalue weighted by molar-refractivity contribution is -0.159. The standard InChI is InChI=1S/C12H13NO4S/c1-2-17-12(16)11(15)10(14)8-5-3-4-6-9(8)13-7-18/h3-6,10-11,14-15H,2H2,1H3. The van der Waals surface area contributed by atoms with E-state index >= 15 is 0 Å². The van der Waals surface area contributed by atoms with Gasteiger partial charge in [0.15, 0.2) is 6.10 Å². The first-order valence-electron chi connectivity index (χ1n) is 5.31. The van der Waals surface area contributed by atoms with Gasteiger partial charge in [-0.25, -0.2) is 4.79 Å². The Hall–Kier alpha value is -1.59. The van der Waals surface area contributed by atoms with Crippen molar-refractivity contribution in [2.75, 3.05) is 6.61 Å². The van der Waals surface area contributed by atoms with E-state index in [4.69, 9.17) is 0 Å². The topological polar surface area (TPSA) is 79.1 Å². The summed E-state index contributed by atoms with van der Waals surface area (Å²) in [5.74, 6) is -0.883. The van der Waals surface area contributed by atoms with Crippen molar-refractivity contribution in [2.24, 2.45) is 4.99 Å². The molecule has 0 heterocycles. The Morgan fingerprint density at radius 1 is 1.50 bits per heavy atom. The van der Waals surface area contributed by atoms with Gasteiger partial charge in [-0.05, 0) is 25.2 Å². The Bertz CT molecular complexity index is 471. The number of carbonyl (C=O) groups is 1. The normalized spacial score (nSPS) is 13.3. The fourth-order valence-corrected chi connectivity index (χ4v) is 1.51. The summed E-state index contributed by atoms with van der Waals surface area (Å²) < 4.78 is 4.63. The second-order valence-electron chi connectivity index (χ2n) is 3.40. The number of carbonyl (C=O) groups excluding carboxylic acids is 1. The van der Waals surface area contributed by atoms with Gasteiger partial charge in [-0.1, -0.05) is 18.2 Å². The van der Waals surface area contributed by atoms with Gasteiger partial charge in [0, 0.05) is 5.56 Å². The predicted octanol–water partition coefficient (Wildman–Crippen LogP) is 1.38. The van der Waals surface area contributed by atoms with E-state index in [0.29, 0.717) is 5.69 Å². The number of thiocarbonyl (C=S) groups is 1. The first kappa shape index (κ1) is 14.5. The number of aliphatic hydroxyl groups is 2. The van der Waals surface area contributed by atoms with E-state index in [2.05, 4.69) is 27.1 Å². The molecular formula is C12H13NO4S. The highest BCUT2D eigenvalue weighted by Crippen LogP contribution is 2.27. The number of hydrogen-bond donors (Lipinski definition) is 2. The average Bonchev–Trinajstić information content (AvgIpc) is 2.38. The van der Waals surface area contributed by atoms with Crippen LogP contribution in [0.4, 0.5) is 5.69 Å². The monoisotopic (exact) mass is 267 g/mol. The minimum Gasteiger partial charge on any atom is -0.464 e. The Kier molecular flexibility index (Phi) is 5.61. The average molecular weight is 267 g/mol. The molecule has 5 nitrogen and oxygen atoms in total. The molecule has 0 saturated carbocycles. The first-order chi connectivity index (χ1) is 8.61. The zero-order chi connectivity index (χ0) is 13.5. The molecule has 96 valence electrons. The molecule has 0 bridgehead atoms. The SMILES string of the molecule is CCOC(=O)C(O)C(O)c1ccccc1N=C=S. The molecule has 1 aromatic carbocycles. The zero-order valence-corrected chi connectivity index (χ0v) is 10.6. The Labute approximate surface area is 110 Å². The molecule has 0 amide bonds. The van der Waals surface area contributed by atoms with E-state index in [1.54, 1.807) is 31.2 Å². The van der Waals surface area contributed by atoms with Crippen LogP contribution in [0, 0.1) is 0 Å². The molecule has 0 aliphatic carbocycles. The quantitative estimate of drug-likeness (QED) is 0.478. The van der Waals surface area contributed by atoms with E-state index in [1.165, 1.54) is 0 Å². The summed E-state index contributed by atoms with van der Waals surface area (Å²) in [4.78, 5) is 15.1. The molecule has 0 aliphatic rings. The fourth-order valence-electron chi connectivity index (χ4n) is 1.42. The summed E-state index contributed by atoms with van der Waals surface area (Å²) in [7, 11) is 0. The minimum atomic E-state index is -1.66. The van der Waals surface area contributed by atoms with E-state index < -0.39 is 18.2 Å². The van der Waals surface area contributed by atoms with E-state index in [9.17, 15) is 15.0 Å². The van der Waals surface area contributed by atoms with Gasteiger partial charge in [0.05, 0.1) is 17.5 Å².